The second-order valence-electron chi connectivity index (χ2n) is 6.49. The SMILES string of the molecule is CCNC(=NCc1c(CC)noc1CC)NCCS(=O)(=O)NCc1ccccc1.I. The zero-order valence-electron chi connectivity index (χ0n) is 17.8. The van der Waals surface area contributed by atoms with E-state index >= 15 is 0 Å². The first-order valence-corrected chi connectivity index (χ1v) is 11.6. The summed E-state index contributed by atoms with van der Waals surface area (Å²) in [5.41, 5.74) is 2.84. The highest BCUT2D eigenvalue weighted by molar-refractivity contribution is 14.0. The van der Waals surface area contributed by atoms with Crippen LogP contribution in [0.3, 0.4) is 0 Å². The van der Waals surface area contributed by atoms with Gasteiger partial charge in [0, 0.05) is 31.6 Å². The maximum Gasteiger partial charge on any atom is 0.213 e. The molecule has 1 aromatic heterocycles. The van der Waals surface area contributed by atoms with Gasteiger partial charge in [-0.25, -0.2) is 18.1 Å². The molecule has 0 atom stereocenters. The summed E-state index contributed by atoms with van der Waals surface area (Å²) in [4.78, 5) is 4.57. The molecule has 0 unspecified atom stereocenters. The molecule has 8 nitrogen and oxygen atoms in total. The van der Waals surface area contributed by atoms with Crippen molar-refractivity contribution in [1.29, 1.82) is 0 Å². The van der Waals surface area contributed by atoms with Crippen LogP contribution in [-0.4, -0.2) is 38.4 Å². The molecule has 0 aliphatic rings. The molecule has 0 saturated carbocycles. The van der Waals surface area contributed by atoms with Crippen LogP contribution in [0, 0.1) is 0 Å². The molecule has 2 rings (SSSR count). The molecule has 0 spiro atoms. The highest BCUT2D eigenvalue weighted by Gasteiger charge is 2.14. The highest BCUT2D eigenvalue weighted by Crippen LogP contribution is 2.16. The minimum Gasteiger partial charge on any atom is -0.361 e. The second-order valence-corrected chi connectivity index (χ2v) is 8.41. The molecule has 10 heteroatoms. The van der Waals surface area contributed by atoms with E-state index in [9.17, 15) is 8.42 Å². The average Bonchev–Trinajstić information content (AvgIpc) is 3.13. The van der Waals surface area contributed by atoms with Crippen LogP contribution in [0.4, 0.5) is 0 Å². The van der Waals surface area contributed by atoms with Crippen molar-refractivity contribution < 1.29 is 12.9 Å². The van der Waals surface area contributed by atoms with E-state index in [0.717, 1.165) is 35.4 Å². The van der Waals surface area contributed by atoms with Crippen molar-refractivity contribution in [2.24, 2.45) is 4.99 Å². The predicted molar refractivity (Wildman–Crippen MR) is 131 cm³/mol. The maximum atomic E-state index is 12.2. The fourth-order valence-corrected chi connectivity index (χ4v) is 3.68. The number of nitrogens with one attached hydrogen (secondary N) is 3. The van der Waals surface area contributed by atoms with E-state index in [1.165, 1.54) is 0 Å². The van der Waals surface area contributed by atoms with Gasteiger partial charge in [0.2, 0.25) is 10.0 Å². The summed E-state index contributed by atoms with van der Waals surface area (Å²) in [5, 5.41) is 10.3. The lowest BCUT2D eigenvalue weighted by Gasteiger charge is -2.12. The predicted octanol–water partition coefficient (Wildman–Crippen LogP) is 2.59. The molecule has 0 fully saturated rings. The van der Waals surface area contributed by atoms with Gasteiger partial charge in [-0.15, -0.1) is 24.0 Å². The van der Waals surface area contributed by atoms with Crippen LogP contribution in [0.15, 0.2) is 39.8 Å². The van der Waals surface area contributed by atoms with Crippen molar-refractivity contribution in [3.8, 4) is 0 Å². The molecule has 0 bridgehead atoms. The summed E-state index contributed by atoms with van der Waals surface area (Å²) < 4.78 is 32.4. The van der Waals surface area contributed by atoms with E-state index < -0.39 is 10.0 Å². The van der Waals surface area contributed by atoms with Crippen LogP contribution in [0.2, 0.25) is 0 Å². The van der Waals surface area contributed by atoms with Gasteiger partial charge in [-0.2, -0.15) is 0 Å². The van der Waals surface area contributed by atoms with Crippen molar-refractivity contribution in [3.05, 3.63) is 52.9 Å². The van der Waals surface area contributed by atoms with Crippen LogP contribution < -0.4 is 15.4 Å². The van der Waals surface area contributed by atoms with Crippen molar-refractivity contribution in [1.82, 2.24) is 20.5 Å². The molecule has 3 N–H and O–H groups in total. The molecule has 168 valence electrons. The Bertz CT molecular complexity index is 864. The van der Waals surface area contributed by atoms with Gasteiger partial charge in [-0.05, 0) is 18.9 Å². The van der Waals surface area contributed by atoms with E-state index in [1.54, 1.807) is 0 Å². The number of guanidine groups is 1. The van der Waals surface area contributed by atoms with Crippen molar-refractivity contribution in [2.45, 2.75) is 46.7 Å². The molecule has 0 aliphatic carbocycles. The zero-order chi connectivity index (χ0) is 21.1. The van der Waals surface area contributed by atoms with Gasteiger partial charge in [0.15, 0.2) is 5.96 Å². The molecule has 0 aliphatic heterocycles. The zero-order valence-corrected chi connectivity index (χ0v) is 20.9. The number of hydrogen-bond donors (Lipinski definition) is 3. The highest BCUT2D eigenvalue weighted by atomic mass is 127. The van der Waals surface area contributed by atoms with Crippen molar-refractivity contribution in [3.63, 3.8) is 0 Å². The lowest BCUT2D eigenvalue weighted by Crippen LogP contribution is -2.41. The summed E-state index contributed by atoms with van der Waals surface area (Å²) in [6, 6.07) is 9.44. The third-order valence-corrected chi connectivity index (χ3v) is 5.67. The van der Waals surface area contributed by atoms with E-state index in [4.69, 9.17) is 4.52 Å². The van der Waals surface area contributed by atoms with Gasteiger partial charge >= 0.3 is 0 Å². The third kappa shape index (κ3) is 8.60. The Morgan fingerprint density at radius 1 is 1.10 bits per heavy atom. The van der Waals surface area contributed by atoms with Gasteiger partial charge < -0.3 is 15.2 Å². The van der Waals surface area contributed by atoms with Gasteiger partial charge in [0.1, 0.15) is 5.76 Å². The average molecular weight is 549 g/mol. The molecular weight excluding hydrogens is 517 g/mol. The van der Waals surface area contributed by atoms with Crippen LogP contribution in [0.25, 0.3) is 0 Å². The van der Waals surface area contributed by atoms with Gasteiger partial charge in [-0.1, -0.05) is 49.3 Å². The molecule has 1 aromatic carbocycles. The number of nitrogens with zero attached hydrogens (tertiary/aromatic N) is 2. The van der Waals surface area contributed by atoms with Crippen LogP contribution in [0.5, 0.6) is 0 Å². The quantitative estimate of drug-likeness (QED) is 0.226. The Balaban J connectivity index is 0.00000450. The summed E-state index contributed by atoms with van der Waals surface area (Å²) in [5.74, 6) is 1.36. The van der Waals surface area contributed by atoms with Gasteiger partial charge in [0.05, 0.1) is 18.0 Å². The Kier molecular flexibility index (Phi) is 12.0. The van der Waals surface area contributed by atoms with E-state index in [2.05, 4.69) is 25.5 Å². The monoisotopic (exact) mass is 549 g/mol. The normalized spacial score (nSPS) is 11.8. The van der Waals surface area contributed by atoms with Gasteiger partial charge in [-0.3, -0.25) is 0 Å². The fraction of sp³-hybridized carbons (Fsp3) is 0.500. The fourth-order valence-electron chi connectivity index (χ4n) is 2.78. The maximum absolute atomic E-state index is 12.2. The molecule has 1 heterocycles. The lowest BCUT2D eigenvalue weighted by atomic mass is 10.1. The number of benzene rings is 1. The molecule has 0 radical (unpaired) electrons. The van der Waals surface area contributed by atoms with Crippen LogP contribution >= 0.6 is 24.0 Å². The Labute approximate surface area is 196 Å². The summed E-state index contributed by atoms with van der Waals surface area (Å²) in [7, 11) is -3.39. The Hall–Kier alpha value is -1.66. The Morgan fingerprint density at radius 2 is 1.83 bits per heavy atom. The number of aromatic nitrogens is 1. The standard InChI is InChI=1S/C20H31N5O3S.HI/c1-4-18-17(19(5-2)28-25-18)15-23-20(21-6-3)22-12-13-29(26,27)24-14-16-10-8-7-9-11-16;/h7-11,24H,4-6,12-15H2,1-3H3,(H2,21,22,23);1H. The first kappa shape index (κ1) is 26.4. The topological polar surface area (TPSA) is 109 Å². The molecule has 2 aromatic rings. The summed E-state index contributed by atoms with van der Waals surface area (Å²) in [6.07, 6.45) is 1.54. The number of halogens is 1. The Morgan fingerprint density at radius 3 is 2.47 bits per heavy atom. The molecule has 0 saturated heterocycles. The minimum atomic E-state index is -3.39. The molecular formula is C20H32IN5O3S. The largest absolute Gasteiger partial charge is 0.361 e. The van der Waals surface area contributed by atoms with Crippen molar-refractivity contribution in [2.75, 3.05) is 18.8 Å². The third-order valence-electron chi connectivity index (χ3n) is 4.35. The van der Waals surface area contributed by atoms with Crippen LogP contribution in [0.1, 0.15) is 43.4 Å². The number of rotatable bonds is 11. The summed E-state index contributed by atoms with van der Waals surface area (Å²) >= 11 is 0. The smallest absolute Gasteiger partial charge is 0.213 e. The van der Waals surface area contributed by atoms with Gasteiger partial charge in [0.25, 0.3) is 0 Å². The number of aryl methyl sites for hydroxylation is 2. The van der Waals surface area contributed by atoms with Crippen LogP contribution in [-0.2, 0) is 36.0 Å². The number of sulfonamides is 1. The lowest BCUT2D eigenvalue weighted by molar-refractivity contribution is 0.380. The number of hydrogen-bond acceptors (Lipinski definition) is 5. The number of aliphatic imine (C=N–C) groups is 1. The summed E-state index contributed by atoms with van der Waals surface area (Å²) in [6.45, 7) is 7.65. The molecule has 30 heavy (non-hydrogen) atoms. The van der Waals surface area contributed by atoms with E-state index in [1.807, 2.05) is 51.1 Å². The van der Waals surface area contributed by atoms with E-state index in [0.29, 0.717) is 19.0 Å². The first-order valence-electron chi connectivity index (χ1n) is 9.98. The minimum absolute atomic E-state index is 0. The first-order chi connectivity index (χ1) is 14.0. The molecule has 0 amide bonds. The second kappa shape index (κ2) is 13.6. The van der Waals surface area contributed by atoms with E-state index in [-0.39, 0.29) is 42.8 Å². The van der Waals surface area contributed by atoms with Crippen molar-refractivity contribution >= 4 is 40.0 Å².